The van der Waals surface area contributed by atoms with Crippen LogP contribution in [-0.4, -0.2) is 83.3 Å². The van der Waals surface area contributed by atoms with Gasteiger partial charge in [-0.2, -0.15) is 0 Å². The maximum atomic E-state index is 13.9. The first-order chi connectivity index (χ1) is 23.6. The van der Waals surface area contributed by atoms with Crippen LogP contribution in [0.3, 0.4) is 0 Å². The van der Waals surface area contributed by atoms with Crippen LogP contribution in [0.15, 0.2) is 49.2 Å². The number of unbranched alkanes of at least 4 members (excludes halogenated alkanes) is 1. The van der Waals surface area contributed by atoms with Crippen LogP contribution in [-0.2, 0) is 37.4 Å². The Bertz CT molecular complexity index is 1680. The number of sulfonamides is 1. The van der Waals surface area contributed by atoms with E-state index >= 15 is 0 Å². The zero-order valence-electron chi connectivity index (χ0n) is 29.1. The van der Waals surface area contributed by atoms with Gasteiger partial charge >= 0.3 is 12.2 Å². The van der Waals surface area contributed by atoms with Gasteiger partial charge in [-0.3, -0.25) is 19.2 Å². The summed E-state index contributed by atoms with van der Waals surface area (Å²) in [7, 11) is -3.58. The lowest BCUT2D eigenvalue weighted by Gasteiger charge is -2.35. The molecule has 2 heterocycles. The van der Waals surface area contributed by atoms with E-state index in [1.807, 2.05) is 51.1 Å². The molecule has 4 amide bonds. The Morgan fingerprint density at radius 1 is 1.16 bits per heavy atom. The highest BCUT2D eigenvalue weighted by molar-refractivity contribution is 7.90. The Labute approximate surface area is 294 Å². The molecule has 4 atom stereocenters. The zero-order valence-corrected chi connectivity index (χ0v) is 29.9. The predicted octanol–water partition coefficient (Wildman–Crippen LogP) is 4.26. The molecule has 2 saturated carbocycles. The molecule has 0 bridgehead atoms. The Morgan fingerprint density at radius 3 is 2.54 bits per heavy atom. The molecule has 13 nitrogen and oxygen atoms in total. The molecule has 0 radical (unpaired) electrons. The average Bonchev–Trinajstić information content (AvgIpc) is 3.92. The third kappa shape index (κ3) is 8.17. The molecule has 2 aliphatic carbocycles. The summed E-state index contributed by atoms with van der Waals surface area (Å²) >= 11 is 0. The minimum atomic E-state index is -3.58. The van der Waals surface area contributed by atoms with Crippen molar-refractivity contribution in [1.29, 1.82) is 0 Å². The topological polar surface area (TPSA) is 174 Å². The summed E-state index contributed by atoms with van der Waals surface area (Å²) in [5.74, 6) is -1.01. The van der Waals surface area contributed by atoms with E-state index < -0.39 is 62.3 Å². The fourth-order valence-electron chi connectivity index (χ4n) is 6.76. The first-order valence-electron chi connectivity index (χ1n) is 17.2. The van der Waals surface area contributed by atoms with E-state index in [9.17, 15) is 32.7 Å². The second-order valence-electron chi connectivity index (χ2n) is 14.8. The molecule has 5 rings (SSSR count). The smallest absolute Gasteiger partial charge is 0.407 e. The number of ether oxygens (including phenoxy) is 1. The van der Waals surface area contributed by atoms with Crippen molar-refractivity contribution in [1.82, 2.24) is 25.2 Å². The van der Waals surface area contributed by atoms with Crippen molar-refractivity contribution in [2.24, 2.45) is 11.3 Å². The molecule has 50 heavy (non-hydrogen) atoms. The van der Waals surface area contributed by atoms with E-state index in [1.54, 1.807) is 6.08 Å². The van der Waals surface area contributed by atoms with E-state index in [1.165, 1.54) is 9.80 Å². The quantitative estimate of drug-likeness (QED) is 0.164. The first kappa shape index (κ1) is 36.9. The fraction of sp³-hybridized carbons (Fsp3) is 0.556. The van der Waals surface area contributed by atoms with Crippen molar-refractivity contribution in [3.05, 3.63) is 65.9 Å². The molecule has 4 N–H and O–H groups in total. The third-order valence-corrected chi connectivity index (χ3v) is 11.8. The highest BCUT2D eigenvalue weighted by Gasteiger charge is 2.58. The van der Waals surface area contributed by atoms with Crippen molar-refractivity contribution in [2.75, 3.05) is 13.2 Å². The number of nitrogens with one attached hydrogen (secondary N) is 3. The number of hydrogen-bond donors (Lipinski definition) is 4. The lowest BCUT2D eigenvalue weighted by atomic mass is 9.85. The van der Waals surface area contributed by atoms with Crippen LogP contribution >= 0.6 is 0 Å². The third-order valence-electron chi connectivity index (χ3n) is 9.96. The van der Waals surface area contributed by atoms with Gasteiger partial charge in [0, 0.05) is 24.7 Å². The molecule has 2 aliphatic heterocycles. The molecule has 1 aromatic carbocycles. The number of nitrogens with zero attached hydrogens (tertiary/aromatic N) is 2. The van der Waals surface area contributed by atoms with Gasteiger partial charge in [0.2, 0.25) is 21.8 Å². The lowest BCUT2D eigenvalue weighted by Crippen LogP contribution is -2.59. The molecule has 1 aromatic rings. The summed E-state index contributed by atoms with van der Waals surface area (Å²) in [6.45, 7) is 14.4. The number of hydrogen-bond acceptors (Lipinski definition) is 7. The monoisotopic (exact) mass is 711 g/mol. The number of amides is 4. The number of likely N-dealkylation sites (tertiary alicyclic amines) is 1. The first-order valence-corrected chi connectivity index (χ1v) is 18.8. The maximum absolute atomic E-state index is 13.9. The number of rotatable bonds is 14. The fourth-order valence-corrected chi connectivity index (χ4v) is 8.21. The summed E-state index contributed by atoms with van der Waals surface area (Å²) in [5.41, 5.74) is 1.43. The van der Waals surface area contributed by atoms with Crippen molar-refractivity contribution in [2.45, 2.75) is 102 Å². The van der Waals surface area contributed by atoms with Crippen LogP contribution in [0.5, 0.6) is 0 Å². The second-order valence-corrected chi connectivity index (χ2v) is 16.7. The standard InChI is InChI=1S/C36H49N5O8S/c1-6-26-20-36(26,23(2)39-50(47,48)27-16-17-27)38-31(42)29-15-11-18-41(29)32(43)30(35(3,4)5)37-33(44)49-19-9-7-8-12-24-13-10-14-25-21-40(34(45)46)22-28(24)25/h6,8,10,12-14,26-27,29-30,39H,1-2,7,9,11,15-22H2,3-5H3,(H,37,44)(H,38,42)(H,45,46)/b12-8+/t26-,29+,30-,36+/m1/s1. The number of carbonyl (C=O) groups excluding carboxylic acids is 3. The molecular weight excluding hydrogens is 662 g/mol. The molecule has 0 aromatic heterocycles. The number of carboxylic acid groups (broad SMARTS) is 1. The average molecular weight is 712 g/mol. The van der Waals surface area contributed by atoms with Gasteiger partial charge in [0.15, 0.2) is 0 Å². The van der Waals surface area contributed by atoms with Crippen LogP contribution in [0.4, 0.5) is 9.59 Å². The van der Waals surface area contributed by atoms with Crippen LogP contribution in [0.2, 0.25) is 0 Å². The summed E-state index contributed by atoms with van der Waals surface area (Å²) in [6, 6.07) is 4.01. The Kier molecular flexibility index (Phi) is 10.7. The Balaban J connectivity index is 1.13. The van der Waals surface area contributed by atoms with Gasteiger partial charge in [-0.15, -0.1) is 6.58 Å². The SMILES string of the molecule is C=C[C@@H]1C[C@]1(NC(=O)[C@@H]1CCCN1C(=O)[C@@H](NC(=O)OCCC/C=C/c1cccc2c1CN(C(=O)O)C2)C(C)(C)C)C(=C)NS(=O)(=O)C1CC1. The van der Waals surface area contributed by atoms with E-state index in [4.69, 9.17) is 4.74 Å². The number of carbonyl (C=O) groups is 4. The highest BCUT2D eigenvalue weighted by Crippen LogP contribution is 2.49. The van der Waals surface area contributed by atoms with Gasteiger partial charge in [0.05, 0.1) is 23.9 Å². The van der Waals surface area contributed by atoms with Gasteiger partial charge in [0.1, 0.15) is 12.1 Å². The summed E-state index contributed by atoms with van der Waals surface area (Å²) in [4.78, 5) is 54.8. The van der Waals surface area contributed by atoms with Gasteiger partial charge in [-0.1, -0.05) is 63.8 Å². The minimum absolute atomic E-state index is 0.122. The molecule has 3 fully saturated rings. The van der Waals surface area contributed by atoms with E-state index in [0.29, 0.717) is 64.6 Å². The van der Waals surface area contributed by atoms with E-state index in [-0.39, 0.29) is 18.2 Å². The van der Waals surface area contributed by atoms with Gasteiger partial charge < -0.3 is 25.4 Å². The van der Waals surface area contributed by atoms with Crippen molar-refractivity contribution in [3.63, 3.8) is 0 Å². The van der Waals surface area contributed by atoms with Crippen LogP contribution in [0, 0.1) is 11.3 Å². The summed E-state index contributed by atoms with van der Waals surface area (Å²) in [5, 5.41) is 14.6. The van der Waals surface area contributed by atoms with Gasteiger partial charge in [-0.25, -0.2) is 18.0 Å². The Morgan fingerprint density at radius 2 is 1.90 bits per heavy atom. The molecule has 272 valence electrons. The molecule has 14 heteroatoms. The molecule has 4 aliphatic rings. The van der Waals surface area contributed by atoms with Crippen LogP contribution in [0.25, 0.3) is 6.08 Å². The number of benzene rings is 1. The predicted molar refractivity (Wildman–Crippen MR) is 188 cm³/mol. The van der Waals surface area contributed by atoms with Crippen LogP contribution in [0.1, 0.15) is 82.4 Å². The molecule has 1 saturated heterocycles. The minimum Gasteiger partial charge on any atom is -0.465 e. The second kappa shape index (κ2) is 14.5. The van der Waals surface area contributed by atoms with Crippen molar-refractivity contribution >= 4 is 40.1 Å². The van der Waals surface area contributed by atoms with Crippen molar-refractivity contribution < 1.29 is 37.4 Å². The normalized spacial score (nSPS) is 23.6. The van der Waals surface area contributed by atoms with Crippen molar-refractivity contribution in [3.8, 4) is 0 Å². The lowest BCUT2D eigenvalue weighted by molar-refractivity contribution is -0.142. The molecule has 0 spiro atoms. The summed E-state index contributed by atoms with van der Waals surface area (Å²) < 4.78 is 33.2. The van der Waals surface area contributed by atoms with E-state index in [2.05, 4.69) is 28.5 Å². The zero-order chi connectivity index (χ0) is 36.4. The Hall–Kier alpha value is -4.33. The number of fused-ring (bicyclic) bond motifs is 1. The highest BCUT2D eigenvalue weighted by atomic mass is 32.2. The van der Waals surface area contributed by atoms with Gasteiger partial charge in [-0.05, 0) is 67.1 Å². The molecule has 0 unspecified atom stereocenters. The molecular formula is C36H49N5O8S. The van der Waals surface area contributed by atoms with E-state index in [0.717, 1.165) is 16.7 Å². The largest absolute Gasteiger partial charge is 0.465 e. The number of allylic oxidation sites excluding steroid dienone is 1. The number of alkyl carbamates (subject to hydrolysis) is 1. The summed E-state index contributed by atoms with van der Waals surface area (Å²) in [6.07, 6.45) is 7.70. The van der Waals surface area contributed by atoms with Crippen LogP contribution < -0.4 is 15.4 Å². The van der Waals surface area contributed by atoms with Gasteiger partial charge in [0.25, 0.3) is 0 Å². The maximum Gasteiger partial charge on any atom is 0.407 e.